The molecule has 0 aliphatic carbocycles. The van der Waals surface area contributed by atoms with Gasteiger partial charge in [0.05, 0.1) is 30.0 Å². The van der Waals surface area contributed by atoms with Gasteiger partial charge in [0.1, 0.15) is 0 Å². The Labute approximate surface area is 180 Å². The van der Waals surface area contributed by atoms with Gasteiger partial charge in [0.25, 0.3) is 0 Å². The van der Waals surface area contributed by atoms with Crippen LogP contribution in [-0.2, 0) is 4.74 Å². The second kappa shape index (κ2) is 8.20. The molecule has 0 atom stereocenters. The van der Waals surface area contributed by atoms with Crippen LogP contribution in [0.2, 0.25) is 0 Å². The van der Waals surface area contributed by atoms with Gasteiger partial charge in [0, 0.05) is 29.7 Å². The number of ether oxygens (including phenoxy) is 1. The number of hydrogen-bond donors (Lipinski definition) is 1. The summed E-state index contributed by atoms with van der Waals surface area (Å²) in [5.74, 6) is -0.954. The number of aromatic nitrogens is 1. The molecule has 4 aromatic rings. The third-order valence-electron chi connectivity index (χ3n) is 5.69. The van der Waals surface area contributed by atoms with Crippen molar-refractivity contribution >= 4 is 22.6 Å². The molecule has 31 heavy (non-hydrogen) atoms. The zero-order valence-corrected chi connectivity index (χ0v) is 17.0. The summed E-state index contributed by atoms with van der Waals surface area (Å²) in [6.45, 7) is 3.30. The van der Waals surface area contributed by atoms with Crippen molar-refractivity contribution in [1.29, 1.82) is 0 Å². The molecule has 1 fully saturated rings. The SMILES string of the molecule is O=C(O)c1cc(-c2ccccc2)nc2ccc(-c3ccc(N4CCOCC4)cc3)cc12. The quantitative estimate of drug-likeness (QED) is 0.507. The number of carboxylic acid groups (broad SMARTS) is 1. The maximum Gasteiger partial charge on any atom is 0.336 e. The van der Waals surface area contributed by atoms with Crippen molar-refractivity contribution in [3.05, 3.63) is 84.4 Å². The van der Waals surface area contributed by atoms with Gasteiger partial charge in [-0.1, -0.05) is 48.5 Å². The summed E-state index contributed by atoms with van der Waals surface area (Å²) in [7, 11) is 0. The summed E-state index contributed by atoms with van der Waals surface area (Å²) in [5.41, 5.74) is 5.68. The number of rotatable bonds is 4. The van der Waals surface area contributed by atoms with E-state index in [1.54, 1.807) is 6.07 Å². The molecule has 0 saturated carbocycles. The predicted octanol–water partition coefficient (Wildman–Crippen LogP) is 5.10. The van der Waals surface area contributed by atoms with E-state index in [-0.39, 0.29) is 5.56 Å². The third-order valence-corrected chi connectivity index (χ3v) is 5.69. The number of nitrogens with zero attached hydrogens (tertiary/aromatic N) is 2. The smallest absolute Gasteiger partial charge is 0.336 e. The van der Waals surface area contributed by atoms with Gasteiger partial charge in [-0.2, -0.15) is 0 Å². The van der Waals surface area contributed by atoms with E-state index in [9.17, 15) is 9.90 Å². The minimum atomic E-state index is -0.954. The van der Waals surface area contributed by atoms with Crippen molar-refractivity contribution < 1.29 is 14.6 Å². The van der Waals surface area contributed by atoms with Crippen molar-refractivity contribution in [2.45, 2.75) is 0 Å². The summed E-state index contributed by atoms with van der Waals surface area (Å²) < 4.78 is 5.43. The fourth-order valence-electron chi connectivity index (χ4n) is 4.03. The topological polar surface area (TPSA) is 62.7 Å². The molecule has 1 aliphatic rings. The number of morpholine rings is 1. The molecule has 5 nitrogen and oxygen atoms in total. The second-order valence-electron chi connectivity index (χ2n) is 7.60. The average Bonchev–Trinajstić information content (AvgIpc) is 2.84. The number of fused-ring (bicyclic) bond motifs is 1. The number of carboxylic acids is 1. The van der Waals surface area contributed by atoms with Crippen LogP contribution in [0.5, 0.6) is 0 Å². The number of benzene rings is 3. The molecule has 1 N–H and O–H groups in total. The molecule has 154 valence electrons. The molecule has 3 aromatic carbocycles. The molecule has 0 amide bonds. The lowest BCUT2D eigenvalue weighted by molar-refractivity contribution is 0.0699. The molecule has 1 aliphatic heterocycles. The van der Waals surface area contributed by atoms with E-state index >= 15 is 0 Å². The summed E-state index contributed by atoms with van der Waals surface area (Å²) in [5, 5.41) is 10.5. The highest BCUT2D eigenvalue weighted by Gasteiger charge is 2.15. The number of pyridine rings is 1. The maximum atomic E-state index is 12.0. The highest BCUT2D eigenvalue weighted by molar-refractivity contribution is 6.05. The minimum Gasteiger partial charge on any atom is -0.478 e. The van der Waals surface area contributed by atoms with Gasteiger partial charge >= 0.3 is 5.97 Å². The van der Waals surface area contributed by atoms with E-state index in [4.69, 9.17) is 9.72 Å². The first-order chi connectivity index (χ1) is 15.2. The molecule has 0 unspecified atom stereocenters. The van der Waals surface area contributed by atoms with Crippen molar-refractivity contribution in [3.8, 4) is 22.4 Å². The maximum absolute atomic E-state index is 12.0. The summed E-state index contributed by atoms with van der Waals surface area (Å²) in [6.07, 6.45) is 0. The number of anilines is 1. The Balaban J connectivity index is 1.53. The Morgan fingerprint density at radius 3 is 2.26 bits per heavy atom. The summed E-state index contributed by atoms with van der Waals surface area (Å²) in [4.78, 5) is 19.0. The van der Waals surface area contributed by atoms with Gasteiger partial charge in [-0.3, -0.25) is 0 Å². The van der Waals surface area contributed by atoms with Gasteiger partial charge in [-0.15, -0.1) is 0 Å². The predicted molar refractivity (Wildman–Crippen MR) is 123 cm³/mol. The lowest BCUT2D eigenvalue weighted by Gasteiger charge is -2.28. The molecule has 0 spiro atoms. The van der Waals surface area contributed by atoms with Crippen LogP contribution in [0.25, 0.3) is 33.3 Å². The van der Waals surface area contributed by atoms with Crippen LogP contribution in [0.15, 0.2) is 78.9 Å². The normalized spacial score (nSPS) is 14.0. The second-order valence-corrected chi connectivity index (χ2v) is 7.60. The Hall–Kier alpha value is -3.70. The molecule has 5 rings (SSSR count). The van der Waals surface area contributed by atoms with E-state index in [1.165, 1.54) is 5.69 Å². The fraction of sp³-hybridized carbons (Fsp3) is 0.154. The van der Waals surface area contributed by atoms with E-state index in [0.717, 1.165) is 43.0 Å². The molecule has 0 bridgehead atoms. The number of hydrogen-bond acceptors (Lipinski definition) is 4. The van der Waals surface area contributed by atoms with Gasteiger partial charge in [0.15, 0.2) is 0 Å². The number of carbonyl (C=O) groups is 1. The van der Waals surface area contributed by atoms with Crippen LogP contribution < -0.4 is 4.90 Å². The number of aromatic carboxylic acids is 1. The lowest BCUT2D eigenvalue weighted by Crippen LogP contribution is -2.36. The Morgan fingerprint density at radius 1 is 0.839 bits per heavy atom. The zero-order valence-electron chi connectivity index (χ0n) is 17.0. The van der Waals surface area contributed by atoms with E-state index in [1.807, 2.05) is 48.5 Å². The highest BCUT2D eigenvalue weighted by atomic mass is 16.5. The summed E-state index contributed by atoms with van der Waals surface area (Å²) in [6, 6.07) is 25.5. The highest BCUT2D eigenvalue weighted by Crippen LogP contribution is 2.30. The van der Waals surface area contributed by atoms with Gasteiger partial charge in [-0.25, -0.2) is 9.78 Å². The standard InChI is InChI=1S/C26H22N2O3/c29-26(30)23-17-25(19-4-2-1-3-5-19)27-24-11-8-20(16-22(23)24)18-6-9-21(10-7-18)28-12-14-31-15-13-28/h1-11,16-17H,12-15H2,(H,29,30). The fourth-order valence-corrected chi connectivity index (χ4v) is 4.03. The van der Waals surface area contributed by atoms with Crippen LogP contribution in [0.3, 0.4) is 0 Å². The molecule has 5 heteroatoms. The van der Waals surface area contributed by atoms with Gasteiger partial charge < -0.3 is 14.7 Å². The van der Waals surface area contributed by atoms with Crippen molar-refractivity contribution in [3.63, 3.8) is 0 Å². The molecular weight excluding hydrogens is 388 g/mol. The Bertz CT molecular complexity index is 1230. The van der Waals surface area contributed by atoms with Crippen LogP contribution in [0.4, 0.5) is 5.69 Å². The van der Waals surface area contributed by atoms with Crippen LogP contribution >= 0.6 is 0 Å². The van der Waals surface area contributed by atoms with Gasteiger partial charge in [-0.05, 0) is 41.5 Å². The van der Waals surface area contributed by atoms with Crippen molar-refractivity contribution in [2.75, 3.05) is 31.2 Å². The Kier molecular flexibility index (Phi) is 5.10. The first-order valence-electron chi connectivity index (χ1n) is 10.4. The largest absolute Gasteiger partial charge is 0.478 e. The first kappa shape index (κ1) is 19.3. The Morgan fingerprint density at radius 2 is 1.55 bits per heavy atom. The van der Waals surface area contributed by atoms with Crippen LogP contribution in [-0.4, -0.2) is 42.4 Å². The van der Waals surface area contributed by atoms with Gasteiger partial charge in [0.2, 0.25) is 0 Å². The molecule has 2 heterocycles. The zero-order chi connectivity index (χ0) is 21.2. The van der Waals surface area contributed by atoms with Crippen LogP contribution in [0.1, 0.15) is 10.4 Å². The first-order valence-corrected chi connectivity index (χ1v) is 10.4. The lowest BCUT2D eigenvalue weighted by atomic mass is 9.99. The van der Waals surface area contributed by atoms with Crippen LogP contribution in [0, 0.1) is 0 Å². The van der Waals surface area contributed by atoms with Crippen molar-refractivity contribution in [1.82, 2.24) is 4.98 Å². The molecule has 1 aromatic heterocycles. The molecule has 0 radical (unpaired) electrons. The molecule has 1 saturated heterocycles. The van der Waals surface area contributed by atoms with E-state index < -0.39 is 5.97 Å². The van der Waals surface area contributed by atoms with E-state index in [0.29, 0.717) is 16.6 Å². The van der Waals surface area contributed by atoms with E-state index in [2.05, 4.69) is 29.2 Å². The monoisotopic (exact) mass is 410 g/mol. The summed E-state index contributed by atoms with van der Waals surface area (Å²) >= 11 is 0. The van der Waals surface area contributed by atoms with Crippen molar-refractivity contribution in [2.24, 2.45) is 0 Å². The molecular formula is C26H22N2O3. The minimum absolute atomic E-state index is 0.260. The average molecular weight is 410 g/mol. The third kappa shape index (κ3) is 3.88.